The minimum atomic E-state index is 0.486. The molecule has 0 aliphatic heterocycles. The molecule has 1 atom stereocenters. The van der Waals surface area contributed by atoms with E-state index in [1.807, 2.05) is 12.1 Å². The van der Waals surface area contributed by atoms with Crippen LogP contribution in [0.3, 0.4) is 0 Å². The van der Waals surface area contributed by atoms with Gasteiger partial charge in [-0.3, -0.25) is 0 Å². The van der Waals surface area contributed by atoms with Crippen LogP contribution in [0.4, 0.5) is 0 Å². The van der Waals surface area contributed by atoms with Gasteiger partial charge in [-0.25, -0.2) is 0 Å². The lowest BCUT2D eigenvalue weighted by atomic mass is 9.92. The van der Waals surface area contributed by atoms with Gasteiger partial charge in [-0.2, -0.15) is 0 Å². The number of ether oxygens (including phenoxy) is 1. The van der Waals surface area contributed by atoms with E-state index in [2.05, 4.69) is 48.2 Å². The Labute approximate surface area is 108 Å². The third-order valence-corrected chi connectivity index (χ3v) is 3.26. The van der Waals surface area contributed by atoms with Crippen LogP contribution in [0.1, 0.15) is 17.0 Å². The van der Waals surface area contributed by atoms with Gasteiger partial charge in [0.25, 0.3) is 0 Å². The molecule has 0 heterocycles. The fourth-order valence-electron chi connectivity index (χ4n) is 2.16. The lowest BCUT2D eigenvalue weighted by Crippen LogP contribution is -2.53. The third kappa shape index (κ3) is 3.11. The summed E-state index contributed by atoms with van der Waals surface area (Å²) in [4.78, 5) is 0. The van der Waals surface area contributed by atoms with E-state index in [-0.39, 0.29) is 0 Å². The van der Waals surface area contributed by atoms with E-state index in [1.54, 1.807) is 7.11 Å². The molecule has 2 rings (SSSR count). The molecular weight excluding hydrogens is 222 g/mol. The normalized spacial score (nSPS) is 12.1. The molecule has 2 aromatic rings. The summed E-state index contributed by atoms with van der Waals surface area (Å²) in [6.07, 6.45) is 1.03. The Morgan fingerprint density at radius 1 is 1.00 bits per heavy atom. The molecule has 2 aromatic carbocycles. The van der Waals surface area contributed by atoms with E-state index in [1.165, 1.54) is 11.1 Å². The van der Waals surface area contributed by atoms with Crippen molar-refractivity contribution in [3.8, 4) is 5.75 Å². The first-order valence-corrected chi connectivity index (χ1v) is 6.30. The molecule has 18 heavy (non-hydrogen) atoms. The second-order valence-electron chi connectivity index (χ2n) is 4.45. The zero-order valence-corrected chi connectivity index (χ0v) is 10.8. The molecule has 0 unspecified atom stereocenters. The van der Waals surface area contributed by atoms with Crippen molar-refractivity contribution >= 4 is 0 Å². The fraction of sp³-hybridized carbons (Fsp3) is 0.250. The Bertz CT molecular complexity index is 464. The highest BCUT2D eigenvalue weighted by Gasteiger charge is 2.12. The van der Waals surface area contributed by atoms with Gasteiger partial charge in [0.1, 0.15) is 5.75 Å². The maximum atomic E-state index is 5.17. The van der Waals surface area contributed by atoms with Crippen LogP contribution in [-0.4, -0.2) is 13.7 Å². The first-order chi connectivity index (χ1) is 8.83. The second-order valence-corrected chi connectivity index (χ2v) is 4.45. The third-order valence-electron chi connectivity index (χ3n) is 3.26. The summed E-state index contributed by atoms with van der Waals surface area (Å²) >= 11 is 0. The summed E-state index contributed by atoms with van der Waals surface area (Å²) in [5.41, 5.74) is 6.76. The molecule has 2 nitrogen and oxygen atoms in total. The summed E-state index contributed by atoms with van der Waals surface area (Å²) < 4.78 is 5.17. The van der Waals surface area contributed by atoms with Crippen molar-refractivity contribution in [2.45, 2.75) is 12.3 Å². The average molecular weight is 242 g/mol. The molecule has 0 amide bonds. The first-order valence-electron chi connectivity index (χ1n) is 6.30. The molecule has 0 saturated heterocycles. The summed E-state index contributed by atoms with van der Waals surface area (Å²) in [6, 6.07) is 18.9. The Morgan fingerprint density at radius 3 is 2.22 bits per heavy atom. The number of rotatable bonds is 5. The molecule has 0 aliphatic carbocycles. The monoisotopic (exact) mass is 242 g/mol. The topological polar surface area (TPSA) is 36.9 Å². The number of methoxy groups -OCH3 is 1. The molecule has 0 aromatic heterocycles. The Hall–Kier alpha value is -1.80. The number of hydrogen-bond acceptors (Lipinski definition) is 1. The number of benzene rings is 2. The maximum absolute atomic E-state index is 5.17. The van der Waals surface area contributed by atoms with E-state index in [0.717, 1.165) is 18.7 Å². The van der Waals surface area contributed by atoms with E-state index >= 15 is 0 Å². The minimum absolute atomic E-state index is 0.486. The molecule has 94 valence electrons. The fourth-order valence-corrected chi connectivity index (χ4v) is 2.16. The lowest BCUT2D eigenvalue weighted by molar-refractivity contribution is -0.372. The highest BCUT2D eigenvalue weighted by Crippen LogP contribution is 2.20. The van der Waals surface area contributed by atoms with E-state index < -0.39 is 0 Å². The number of quaternary nitrogens is 1. The van der Waals surface area contributed by atoms with Gasteiger partial charge in [-0.05, 0) is 29.7 Å². The second kappa shape index (κ2) is 6.22. The van der Waals surface area contributed by atoms with Crippen molar-refractivity contribution in [2.24, 2.45) is 0 Å². The average Bonchev–Trinajstić information content (AvgIpc) is 2.46. The largest absolute Gasteiger partial charge is 0.497 e. The zero-order valence-electron chi connectivity index (χ0n) is 10.8. The molecule has 0 saturated carbocycles. The zero-order chi connectivity index (χ0) is 12.8. The smallest absolute Gasteiger partial charge is 0.118 e. The summed E-state index contributed by atoms with van der Waals surface area (Å²) in [5, 5.41) is 0. The Kier molecular flexibility index (Phi) is 4.37. The van der Waals surface area contributed by atoms with Crippen LogP contribution in [0.5, 0.6) is 5.75 Å². The molecule has 0 bridgehead atoms. The van der Waals surface area contributed by atoms with Gasteiger partial charge in [-0.15, -0.1) is 0 Å². The summed E-state index contributed by atoms with van der Waals surface area (Å²) in [6.45, 7) is 0.913. The van der Waals surface area contributed by atoms with Gasteiger partial charge in [0.05, 0.1) is 13.7 Å². The highest BCUT2D eigenvalue weighted by molar-refractivity contribution is 5.29. The van der Waals surface area contributed by atoms with Gasteiger partial charge < -0.3 is 10.5 Å². The first kappa shape index (κ1) is 12.7. The van der Waals surface area contributed by atoms with Gasteiger partial charge in [0, 0.05) is 5.92 Å². The van der Waals surface area contributed by atoms with E-state index in [4.69, 9.17) is 4.74 Å². The summed E-state index contributed by atoms with van der Waals surface area (Å²) in [7, 11) is 1.69. The molecule has 3 N–H and O–H groups in total. The van der Waals surface area contributed by atoms with Crippen molar-refractivity contribution in [1.29, 1.82) is 0 Å². The maximum Gasteiger partial charge on any atom is 0.118 e. The van der Waals surface area contributed by atoms with Crippen molar-refractivity contribution in [3.63, 3.8) is 0 Å². The molecule has 0 spiro atoms. The summed E-state index contributed by atoms with van der Waals surface area (Å²) in [5.74, 6) is 1.39. The molecule has 0 aliphatic rings. The van der Waals surface area contributed by atoms with Crippen LogP contribution in [-0.2, 0) is 6.42 Å². The van der Waals surface area contributed by atoms with Crippen LogP contribution in [0.2, 0.25) is 0 Å². The van der Waals surface area contributed by atoms with Gasteiger partial charge in [-0.1, -0.05) is 42.5 Å². The standard InChI is InChI=1S/C16H19NO/c1-18-16-9-7-13(8-10-16)11-15(12-17)14-5-3-2-4-6-14/h2-10,15H,11-12,17H2,1H3/p+1/t15-/m0/s1. The van der Waals surface area contributed by atoms with Gasteiger partial charge in [0.15, 0.2) is 0 Å². The van der Waals surface area contributed by atoms with Crippen LogP contribution in [0, 0.1) is 0 Å². The van der Waals surface area contributed by atoms with Crippen molar-refractivity contribution in [2.75, 3.05) is 13.7 Å². The van der Waals surface area contributed by atoms with Crippen molar-refractivity contribution < 1.29 is 10.5 Å². The predicted molar refractivity (Wildman–Crippen MR) is 73.6 cm³/mol. The predicted octanol–water partition coefficient (Wildman–Crippen LogP) is 2.26. The van der Waals surface area contributed by atoms with E-state index in [9.17, 15) is 0 Å². The van der Waals surface area contributed by atoms with Crippen molar-refractivity contribution in [1.82, 2.24) is 0 Å². The SMILES string of the molecule is COc1ccc(C[C@@H](C[NH3+])c2ccccc2)cc1. The molecule has 2 heteroatoms. The van der Waals surface area contributed by atoms with Crippen LogP contribution < -0.4 is 10.5 Å². The van der Waals surface area contributed by atoms with Gasteiger partial charge >= 0.3 is 0 Å². The molecule has 0 radical (unpaired) electrons. The van der Waals surface area contributed by atoms with E-state index in [0.29, 0.717) is 5.92 Å². The highest BCUT2D eigenvalue weighted by atomic mass is 16.5. The Balaban J connectivity index is 2.10. The molecular formula is C16H20NO+. The lowest BCUT2D eigenvalue weighted by Gasteiger charge is -2.13. The van der Waals surface area contributed by atoms with Crippen LogP contribution in [0.15, 0.2) is 54.6 Å². The van der Waals surface area contributed by atoms with Crippen LogP contribution in [0.25, 0.3) is 0 Å². The molecule has 0 fully saturated rings. The number of hydrogen-bond donors (Lipinski definition) is 1. The van der Waals surface area contributed by atoms with Crippen molar-refractivity contribution in [3.05, 3.63) is 65.7 Å². The quantitative estimate of drug-likeness (QED) is 0.858. The Morgan fingerprint density at radius 2 is 1.67 bits per heavy atom. The van der Waals surface area contributed by atoms with Gasteiger partial charge in [0.2, 0.25) is 0 Å². The van der Waals surface area contributed by atoms with Crippen LogP contribution >= 0.6 is 0 Å². The minimum Gasteiger partial charge on any atom is -0.497 e.